The Morgan fingerprint density at radius 1 is 1.44 bits per heavy atom. The number of allylic oxidation sites excluding steroid dienone is 2. The molecule has 0 aliphatic rings. The van der Waals surface area contributed by atoms with E-state index in [1.54, 1.807) is 0 Å². The Bertz CT molecular complexity index is 110. The fourth-order valence-electron chi connectivity index (χ4n) is 0.568. The first kappa shape index (κ1) is 8.53. The highest BCUT2D eigenvalue weighted by molar-refractivity contribution is 5.06. The van der Waals surface area contributed by atoms with Gasteiger partial charge in [0.15, 0.2) is 0 Å². The van der Waals surface area contributed by atoms with E-state index >= 15 is 0 Å². The zero-order chi connectivity index (χ0) is 7.49. The number of rotatable bonds is 1. The maximum Gasteiger partial charge on any atom is 0.412 e. The Kier molecular flexibility index (Phi) is 2.74. The highest BCUT2D eigenvalue weighted by atomic mass is 19.4. The van der Waals surface area contributed by atoms with Crippen LogP contribution in [0.3, 0.4) is 0 Å². The number of hydrogen-bond acceptors (Lipinski definition) is 0. The Morgan fingerprint density at radius 2 is 1.89 bits per heavy atom. The molecule has 0 rings (SSSR count). The molecule has 0 atom stereocenters. The van der Waals surface area contributed by atoms with E-state index in [-0.39, 0.29) is 6.42 Å². The van der Waals surface area contributed by atoms with Crippen molar-refractivity contribution in [2.45, 2.75) is 26.4 Å². The van der Waals surface area contributed by atoms with Crippen molar-refractivity contribution in [2.75, 3.05) is 0 Å². The Balaban J connectivity index is 4.14. The van der Waals surface area contributed by atoms with E-state index in [9.17, 15) is 13.2 Å². The second-order valence-corrected chi connectivity index (χ2v) is 1.67. The van der Waals surface area contributed by atoms with Gasteiger partial charge in [0.05, 0.1) is 0 Å². The number of halogens is 3. The number of alkyl halides is 3. The minimum atomic E-state index is -4.12. The van der Waals surface area contributed by atoms with Crippen LogP contribution in [0.4, 0.5) is 13.2 Å². The van der Waals surface area contributed by atoms with Crippen LogP contribution in [0.5, 0.6) is 0 Å². The van der Waals surface area contributed by atoms with Gasteiger partial charge in [0.25, 0.3) is 0 Å². The van der Waals surface area contributed by atoms with Gasteiger partial charge in [0, 0.05) is 5.57 Å². The average molecular weight is 138 g/mol. The standard InChI is InChI=1S/C6H9F3/c1-3-5(4-2)6(7,8)9/h3H,4H2,1-2H3/b5-3-. The molecule has 0 aromatic rings. The molecule has 3 heteroatoms. The van der Waals surface area contributed by atoms with Gasteiger partial charge >= 0.3 is 6.18 Å². The molecule has 0 radical (unpaired) electrons. The van der Waals surface area contributed by atoms with E-state index in [0.717, 1.165) is 6.08 Å². The zero-order valence-corrected chi connectivity index (χ0v) is 5.42. The summed E-state index contributed by atoms with van der Waals surface area (Å²) in [4.78, 5) is 0. The van der Waals surface area contributed by atoms with Crippen molar-refractivity contribution in [1.82, 2.24) is 0 Å². The van der Waals surface area contributed by atoms with Gasteiger partial charge in [0.2, 0.25) is 0 Å². The van der Waals surface area contributed by atoms with Crippen LogP contribution in [0.2, 0.25) is 0 Å². The minimum Gasteiger partial charge on any atom is -0.166 e. The van der Waals surface area contributed by atoms with Crippen LogP contribution in [-0.2, 0) is 0 Å². The molecule has 0 aliphatic heterocycles. The van der Waals surface area contributed by atoms with E-state index in [0.29, 0.717) is 0 Å². The van der Waals surface area contributed by atoms with Gasteiger partial charge in [-0.25, -0.2) is 0 Å². The Labute approximate surface area is 52.4 Å². The van der Waals surface area contributed by atoms with Gasteiger partial charge in [-0.2, -0.15) is 13.2 Å². The summed E-state index contributed by atoms with van der Waals surface area (Å²) in [5.41, 5.74) is -0.456. The lowest BCUT2D eigenvalue weighted by atomic mass is 10.2. The molecule has 0 saturated heterocycles. The fraction of sp³-hybridized carbons (Fsp3) is 0.667. The first-order valence-corrected chi connectivity index (χ1v) is 2.74. The van der Waals surface area contributed by atoms with Gasteiger partial charge < -0.3 is 0 Å². The normalized spacial score (nSPS) is 14.1. The highest BCUT2D eigenvalue weighted by Gasteiger charge is 2.30. The monoisotopic (exact) mass is 138 g/mol. The molecule has 0 aromatic carbocycles. The first-order chi connectivity index (χ1) is 4.02. The zero-order valence-electron chi connectivity index (χ0n) is 5.42. The molecule has 0 aromatic heterocycles. The Hall–Kier alpha value is -0.470. The molecule has 0 amide bonds. The Morgan fingerprint density at radius 3 is 1.89 bits per heavy atom. The maximum absolute atomic E-state index is 11.7. The summed E-state index contributed by atoms with van der Waals surface area (Å²) < 4.78 is 35.0. The minimum absolute atomic E-state index is 0.0556. The van der Waals surface area contributed by atoms with Crippen molar-refractivity contribution in [3.05, 3.63) is 11.6 Å². The van der Waals surface area contributed by atoms with Crippen molar-refractivity contribution < 1.29 is 13.2 Å². The summed E-state index contributed by atoms with van der Waals surface area (Å²) in [7, 11) is 0. The largest absolute Gasteiger partial charge is 0.412 e. The lowest BCUT2D eigenvalue weighted by Crippen LogP contribution is -2.10. The summed E-state index contributed by atoms with van der Waals surface area (Å²) in [6, 6.07) is 0. The molecular formula is C6H9F3. The summed E-state index contributed by atoms with van der Waals surface area (Å²) in [5.74, 6) is 0. The average Bonchev–Trinajstić information content (AvgIpc) is 1.65. The van der Waals surface area contributed by atoms with E-state index < -0.39 is 11.7 Å². The summed E-state index contributed by atoms with van der Waals surface area (Å²) in [5, 5.41) is 0. The van der Waals surface area contributed by atoms with Crippen molar-refractivity contribution in [3.63, 3.8) is 0 Å². The SMILES string of the molecule is C/C=C(/CC)C(F)(F)F. The number of hydrogen-bond donors (Lipinski definition) is 0. The van der Waals surface area contributed by atoms with E-state index in [1.165, 1.54) is 13.8 Å². The third-order valence-electron chi connectivity index (χ3n) is 1.09. The maximum atomic E-state index is 11.7. The molecule has 0 bridgehead atoms. The van der Waals surface area contributed by atoms with Crippen LogP contribution in [0.1, 0.15) is 20.3 Å². The molecule has 0 spiro atoms. The lowest BCUT2D eigenvalue weighted by Gasteiger charge is -2.07. The first-order valence-electron chi connectivity index (χ1n) is 2.74. The molecule has 0 aliphatic carbocycles. The van der Waals surface area contributed by atoms with Crippen LogP contribution in [0, 0.1) is 0 Å². The second-order valence-electron chi connectivity index (χ2n) is 1.67. The predicted octanol–water partition coefficient (Wildman–Crippen LogP) is 2.91. The molecule has 9 heavy (non-hydrogen) atoms. The van der Waals surface area contributed by atoms with Gasteiger partial charge in [-0.1, -0.05) is 13.0 Å². The van der Waals surface area contributed by atoms with Gasteiger partial charge in [-0.15, -0.1) is 0 Å². The fourth-order valence-corrected chi connectivity index (χ4v) is 0.568. The molecule has 0 nitrogen and oxygen atoms in total. The molecule has 0 N–H and O–H groups in total. The van der Waals surface area contributed by atoms with Crippen LogP contribution >= 0.6 is 0 Å². The quantitative estimate of drug-likeness (QED) is 0.489. The topological polar surface area (TPSA) is 0 Å². The van der Waals surface area contributed by atoms with Crippen molar-refractivity contribution in [1.29, 1.82) is 0 Å². The van der Waals surface area contributed by atoms with Gasteiger partial charge in [0.1, 0.15) is 0 Å². The van der Waals surface area contributed by atoms with Gasteiger partial charge in [-0.3, -0.25) is 0 Å². The van der Waals surface area contributed by atoms with Crippen LogP contribution in [0.25, 0.3) is 0 Å². The molecule has 54 valence electrons. The summed E-state index contributed by atoms with van der Waals surface area (Å²) in [6.07, 6.45) is -2.97. The van der Waals surface area contributed by atoms with E-state index in [4.69, 9.17) is 0 Å². The van der Waals surface area contributed by atoms with Crippen molar-refractivity contribution in [2.24, 2.45) is 0 Å². The molecule has 0 heterocycles. The smallest absolute Gasteiger partial charge is 0.166 e. The molecular weight excluding hydrogens is 129 g/mol. The van der Waals surface area contributed by atoms with Crippen LogP contribution in [0.15, 0.2) is 11.6 Å². The van der Waals surface area contributed by atoms with Crippen LogP contribution in [-0.4, -0.2) is 6.18 Å². The van der Waals surface area contributed by atoms with E-state index in [1.807, 2.05) is 0 Å². The lowest BCUT2D eigenvalue weighted by molar-refractivity contribution is -0.0936. The van der Waals surface area contributed by atoms with Crippen molar-refractivity contribution >= 4 is 0 Å². The van der Waals surface area contributed by atoms with Crippen LogP contribution < -0.4 is 0 Å². The van der Waals surface area contributed by atoms with Crippen molar-refractivity contribution in [3.8, 4) is 0 Å². The third-order valence-corrected chi connectivity index (χ3v) is 1.09. The summed E-state index contributed by atoms with van der Waals surface area (Å²) in [6.45, 7) is 2.88. The van der Waals surface area contributed by atoms with Gasteiger partial charge in [-0.05, 0) is 13.3 Å². The molecule has 0 unspecified atom stereocenters. The molecule has 0 saturated carbocycles. The predicted molar refractivity (Wildman–Crippen MR) is 30.1 cm³/mol. The second kappa shape index (κ2) is 2.90. The highest BCUT2D eigenvalue weighted by Crippen LogP contribution is 2.27. The molecule has 0 fully saturated rings. The third kappa shape index (κ3) is 2.54. The summed E-state index contributed by atoms with van der Waals surface area (Å²) >= 11 is 0. The van der Waals surface area contributed by atoms with E-state index in [2.05, 4.69) is 0 Å².